The fourth-order valence-electron chi connectivity index (χ4n) is 14.3. The third-order valence-electron chi connectivity index (χ3n) is 20.2. The Morgan fingerprint density at radius 1 is 0.176 bits per heavy atom. The molecule has 16 rings (SSSR count). The van der Waals surface area contributed by atoms with Crippen molar-refractivity contribution in [1.29, 1.82) is 0 Å². The van der Waals surface area contributed by atoms with E-state index in [0.29, 0.717) is 0 Å². The van der Waals surface area contributed by atoms with Crippen molar-refractivity contribution in [3.05, 3.63) is 488 Å². The first-order chi connectivity index (χ1) is 53.0. The number of fused-ring (bicyclic) bond motifs is 2. The first-order valence-electron chi connectivity index (χ1n) is 37.3. The molecule has 0 N–H and O–H groups in total. The zero-order chi connectivity index (χ0) is 73.7. The lowest BCUT2D eigenvalue weighted by Crippen LogP contribution is -2.10. The summed E-state index contributed by atoms with van der Waals surface area (Å²) in [6, 6.07) is 140. The van der Waals surface area contributed by atoms with Gasteiger partial charge in [0.15, 0.2) is 0 Å². The van der Waals surface area contributed by atoms with E-state index in [4.69, 9.17) is 0 Å². The summed E-state index contributed by atoms with van der Waals surface area (Å²) in [5, 5.41) is 4.79. The number of aryl methyl sites for hydroxylation is 6. The molecule has 0 saturated heterocycles. The Morgan fingerprint density at radius 2 is 0.389 bits per heavy atom. The molecule has 2 nitrogen and oxygen atoms in total. The number of hydrogen-bond donors (Lipinski definition) is 0. The summed E-state index contributed by atoms with van der Waals surface area (Å²) in [5.74, 6) is 0. The van der Waals surface area contributed by atoms with E-state index in [-0.39, 0.29) is 0 Å². The SMILES string of the molecule is Cc1ccc(C(=Cc2ccc(N(c3ccccc3)c3ccc(C=C(c4ccc(C)cc4)c4ccc(C)cc4)c4ccccc34)cc2)c2ccc(C)cc2)cc1.Cc1ccc(C(=Cc2ccc(N(c3ccccc3)c3ccc(C=C(c4ccccc4)c4ccccc4)c4ccccc34)cc2)c2ccc(C)cc2)cc1. The van der Waals surface area contributed by atoms with Crippen LogP contribution in [0.2, 0.25) is 0 Å². The number of para-hydroxylation sites is 2. The maximum atomic E-state index is 2.38. The summed E-state index contributed by atoms with van der Waals surface area (Å²) < 4.78 is 0. The van der Waals surface area contributed by atoms with Crippen molar-refractivity contribution < 1.29 is 0 Å². The topological polar surface area (TPSA) is 6.48 Å². The molecule has 0 atom stereocenters. The van der Waals surface area contributed by atoms with Crippen molar-refractivity contribution >= 4 is 102 Å². The predicted octanol–water partition coefficient (Wildman–Crippen LogP) is 28.8. The number of anilines is 6. The van der Waals surface area contributed by atoms with Gasteiger partial charge in [-0.05, 0) is 226 Å². The van der Waals surface area contributed by atoms with Gasteiger partial charge >= 0.3 is 0 Å². The molecule has 0 aliphatic carbocycles. The van der Waals surface area contributed by atoms with Gasteiger partial charge in [-0.2, -0.15) is 0 Å². The molecule has 0 radical (unpaired) electrons. The second-order valence-electron chi connectivity index (χ2n) is 28.1. The fourth-order valence-corrected chi connectivity index (χ4v) is 14.3. The highest BCUT2D eigenvalue weighted by atomic mass is 15.1. The predicted molar refractivity (Wildman–Crippen MR) is 465 cm³/mol. The summed E-state index contributed by atoms with van der Waals surface area (Å²) in [7, 11) is 0. The van der Waals surface area contributed by atoms with Crippen molar-refractivity contribution in [2.24, 2.45) is 0 Å². The molecule has 0 aliphatic rings. The zero-order valence-electron chi connectivity index (χ0n) is 62.2. The minimum atomic E-state index is 1.10. The van der Waals surface area contributed by atoms with E-state index < -0.39 is 0 Å². The summed E-state index contributed by atoms with van der Waals surface area (Å²) in [6.07, 6.45) is 9.31. The van der Waals surface area contributed by atoms with Crippen LogP contribution in [0, 0.1) is 41.5 Å². The monoisotopic (exact) mass is 1390 g/mol. The second-order valence-corrected chi connectivity index (χ2v) is 28.1. The van der Waals surface area contributed by atoms with Crippen molar-refractivity contribution in [2.75, 3.05) is 9.80 Å². The van der Waals surface area contributed by atoms with E-state index in [9.17, 15) is 0 Å². The molecule has 520 valence electrons. The van der Waals surface area contributed by atoms with Crippen LogP contribution in [0.15, 0.2) is 388 Å². The molecule has 0 heterocycles. The maximum Gasteiger partial charge on any atom is 0.0540 e. The molecule has 2 heteroatoms. The minimum Gasteiger partial charge on any atom is -0.310 e. The molecule has 0 fully saturated rings. The number of rotatable bonds is 18. The van der Waals surface area contributed by atoms with Crippen molar-refractivity contribution in [3.63, 3.8) is 0 Å². The molecule has 0 aliphatic heterocycles. The van der Waals surface area contributed by atoms with Crippen molar-refractivity contribution in [3.8, 4) is 0 Å². The summed E-state index contributed by atoms with van der Waals surface area (Å²) in [4.78, 5) is 4.75. The van der Waals surface area contributed by atoms with Crippen LogP contribution in [-0.4, -0.2) is 0 Å². The van der Waals surface area contributed by atoms with E-state index in [2.05, 4.69) is 464 Å². The molecule has 0 saturated carbocycles. The zero-order valence-corrected chi connectivity index (χ0v) is 62.2. The first-order valence-corrected chi connectivity index (χ1v) is 37.3. The van der Waals surface area contributed by atoms with Crippen molar-refractivity contribution in [2.45, 2.75) is 41.5 Å². The molecule has 16 aromatic rings. The molecule has 108 heavy (non-hydrogen) atoms. The van der Waals surface area contributed by atoms with E-state index in [1.807, 2.05) is 0 Å². The summed E-state index contributed by atoms with van der Waals surface area (Å²) in [5.41, 5.74) is 33.3. The lowest BCUT2D eigenvalue weighted by molar-refractivity contribution is 1.29. The average Bonchev–Trinajstić information content (AvgIpc) is 0.769. The van der Waals surface area contributed by atoms with Gasteiger partial charge in [0.1, 0.15) is 0 Å². The molecule has 0 spiro atoms. The molecule has 0 aromatic heterocycles. The summed E-state index contributed by atoms with van der Waals surface area (Å²) >= 11 is 0. The van der Waals surface area contributed by atoms with E-state index in [0.717, 1.165) is 45.3 Å². The Morgan fingerprint density at radius 3 is 0.657 bits per heavy atom. The van der Waals surface area contributed by atoms with Crippen LogP contribution in [0.5, 0.6) is 0 Å². The van der Waals surface area contributed by atoms with Crippen LogP contribution in [0.3, 0.4) is 0 Å². The van der Waals surface area contributed by atoms with Crippen LogP contribution in [-0.2, 0) is 0 Å². The van der Waals surface area contributed by atoms with Gasteiger partial charge in [-0.15, -0.1) is 0 Å². The Labute approximate surface area is 637 Å². The fraction of sp³-hybridized carbons (Fsp3) is 0.0566. The lowest BCUT2D eigenvalue weighted by atomic mass is 9.92. The molecule has 0 unspecified atom stereocenters. The van der Waals surface area contributed by atoms with Gasteiger partial charge < -0.3 is 9.80 Å². The quantitative estimate of drug-likeness (QED) is 0.0790. The Kier molecular flexibility index (Phi) is 21.3. The molecule has 16 aromatic carbocycles. The van der Waals surface area contributed by atoms with Crippen molar-refractivity contribution in [1.82, 2.24) is 0 Å². The highest BCUT2D eigenvalue weighted by Crippen LogP contribution is 2.44. The highest BCUT2D eigenvalue weighted by Gasteiger charge is 2.21. The normalized spacial score (nSPS) is 10.9. The Balaban J connectivity index is 0.000000172. The van der Waals surface area contributed by atoms with Crippen LogP contribution >= 0.6 is 0 Å². The standard InChI is InChI=1S/C54H45N.C52H41N/c1-38-14-24-43(25-15-38)52(44-26-16-39(2)17-27-44)36-42-22-33-49(34-23-42)55(48-10-6-5-7-11-48)54-35-32-47(50-12-8-9-13-51(50)54)37-53(45-28-18-40(3)19-29-45)46-30-20-41(4)21-31-46;1-38-22-28-43(29-23-38)50(44-30-24-39(2)25-31-44)36-40-26-33-47(34-27-40)53(46-18-10-5-11-19-46)52-35-32-45(48-20-12-13-21-49(48)52)37-51(41-14-6-3-7-15-41)42-16-8-4-9-17-42/h5-37H,1-4H3;3-37H,1-2H3. The largest absolute Gasteiger partial charge is 0.310 e. The molecular weight excluding hydrogens is 1300 g/mol. The van der Waals surface area contributed by atoms with Gasteiger partial charge in [0.05, 0.1) is 11.4 Å². The number of nitrogens with zero attached hydrogens (tertiary/aromatic N) is 2. The van der Waals surface area contributed by atoms with Gasteiger partial charge in [0.2, 0.25) is 0 Å². The summed E-state index contributed by atoms with van der Waals surface area (Å²) in [6.45, 7) is 12.8. The van der Waals surface area contributed by atoms with Crippen LogP contribution in [0.1, 0.15) is 100 Å². The van der Waals surface area contributed by atoms with Gasteiger partial charge in [0, 0.05) is 33.5 Å². The highest BCUT2D eigenvalue weighted by molar-refractivity contribution is 6.08. The third-order valence-corrected chi connectivity index (χ3v) is 20.2. The van der Waals surface area contributed by atoms with Gasteiger partial charge in [-0.3, -0.25) is 0 Å². The van der Waals surface area contributed by atoms with Crippen LogP contribution in [0.25, 0.3) is 68.1 Å². The second kappa shape index (κ2) is 32.7. The van der Waals surface area contributed by atoms with E-state index in [1.165, 1.54) is 133 Å². The Hall–Kier alpha value is -13.4. The Bertz CT molecular complexity index is 5670. The minimum absolute atomic E-state index is 1.10. The molecule has 0 bridgehead atoms. The van der Waals surface area contributed by atoms with Crippen LogP contribution in [0.4, 0.5) is 34.1 Å². The molecular formula is C106H86N2. The van der Waals surface area contributed by atoms with Gasteiger partial charge in [0.25, 0.3) is 0 Å². The van der Waals surface area contributed by atoms with E-state index in [1.54, 1.807) is 0 Å². The first kappa shape index (κ1) is 70.3. The smallest absolute Gasteiger partial charge is 0.0540 e. The lowest BCUT2D eigenvalue weighted by Gasteiger charge is -2.27. The van der Waals surface area contributed by atoms with Gasteiger partial charge in [-0.1, -0.05) is 361 Å². The maximum absolute atomic E-state index is 2.38. The van der Waals surface area contributed by atoms with Gasteiger partial charge in [-0.25, -0.2) is 0 Å². The number of benzene rings is 16. The average molecular weight is 1390 g/mol. The molecule has 0 amide bonds. The third kappa shape index (κ3) is 16.3. The van der Waals surface area contributed by atoms with E-state index >= 15 is 0 Å². The number of hydrogen-bond acceptors (Lipinski definition) is 2. The van der Waals surface area contributed by atoms with Crippen LogP contribution < -0.4 is 9.80 Å².